The number of fused-ring (bicyclic) bond motifs is 3. The Hall–Kier alpha value is -3.35. The highest BCUT2D eigenvalue weighted by Gasteiger charge is 2.47. The van der Waals surface area contributed by atoms with Gasteiger partial charge in [0.2, 0.25) is 5.91 Å². The number of likely N-dealkylation sites (tertiary alicyclic amines) is 1. The number of nitrogens with one attached hydrogen (secondary N) is 1. The van der Waals surface area contributed by atoms with E-state index in [1.807, 2.05) is 52.0 Å². The second-order valence-electron chi connectivity index (χ2n) is 10.6. The van der Waals surface area contributed by atoms with Crippen molar-refractivity contribution in [1.29, 1.82) is 0 Å². The zero-order valence-electron chi connectivity index (χ0n) is 20.8. The maximum absolute atomic E-state index is 13.1. The number of amides is 2. The molecule has 2 aromatic rings. The summed E-state index contributed by atoms with van der Waals surface area (Å²) < 4.78 is 5.65. The van der Waals surface area contributed by atoms with E-state index in [1.165, 1.54) is 4.90 Å². The molecular formula is C28H34N2O5. The Bertz CT molecular complexity index is 1080. The van der Waals surface area contributed by atoms with Crippen molar-refractivity contribution < 1.29 is 24.2 Å². The fourth-order valence-electron chi connectivity index (χ4n) is 5.38. The van der Waals surface area contributed by atoms with Crippen LogP contribution in [-0.4, -0.2) is 53.2 Å². The number of carbonyl (C=O) groups excluding carboxylic acids is 2. The summed E-state index contributed by atoms with van der Waals surface area (Å²) in [6, 6.07) is 15.0. The molecule has 0 saturated carbocycles. The fraction of sp³-hybridized carbons (Fsp3) is 0.464. The van der Waals surface area contributed by atoms with Gasteiger partial charge in [-0.1, -0.05) is 76.2 Å². The van der Waals surface area contributed by atoms with E-state index in [9.17, 15) is 19.5 Å². The molecule has 186 valence electrons. The minimum atomic E-state index is -0.994. The van der Waals surface area contributed by atoms with Gasteiger partial charge in [-0.3, -0.25) is 4.79 Å². The van der Waals surface area contributed by atoms with Crippen molar-refractivity contribution in [2.75, 3.05) is 13.2 Å². The van der Waals surface area contributed by atoms with Crippen LogP contribution in [0.3, 0.4) is 0 Å². The van der Waals surface area contributed by atoms with E-state index in [0.717, 1.165) is 22.3 Å². The van der Waals surface area contributed by atoms with Gasteiger partial charge in [-0.25, -0.2) is 9.59 Å². The number of carboxylic acid groups (broad SMARTS) is 1. The minimum Gasteiger partial charge on any atom is -0.480 e. The van der Waals surface area contributed by atoms with Crippen molar-refractivity contribution in [2.45, 2.75) is 58.5 Å². The summed E-state index contributed by atoms with van der Waals surface area (Å²) in [7, 11) is 0. The minimum absolute atomic E-state index is 0.0293. The first-order valence-electron chi connectivity index (χ1n) is 12.2. The van der Waals surface area contributed by atoms with E-state index >= 15 is 0 Å². The Kier molecular flexibility index (Phi) is 6.88. The van der Waals surface area contributed by atoms with Crippen LogP contribution in [0.4, 0.5) is 4.79 Å². The zero-order chi connectivity index (χ0) is 25.3. The van der Waals surface area contributed by atoms with E-state index in [4.69, 9.17) is 4.74 Å². The number of rotatable bonds is 7. The number of hydrogen-bond acceptors (Lipinski definition) is 4. The Balaban J connectivity index is 1.40. The lowest BCUT2D eigenvalue weighted by atomic mass is 9.84. The predicted molar refractivity (Wildman–Crippen MR) is 133 cm³/mol. The number of nitrogens with zero attached hydrogens (tertiary/aromatic N) is 1. The van der Waals surface area contributed by atoms with Crippen LogP contribution < -0.4 is 5.32 Å². The highest BCUT2D eigenvalue weighted by atomic mass is 16.5. The average Bonchev–Trinajstić information content (AvgIpc) is 3.31. The zero-order valence-corrected chi connectivity index (χ0v) is 20.8. The van der Waals surface area contributed by atoms with Gasteiger partial charge >= 0.3 is 12.1 Å². The molecule has 1 aliphatic carbocycles. The van der Waals surface area contributed by atoms with Gasteiger partial charge < -0.3 is 20.1 Å². The molecule has 2 aromatic carbocycles. The van der Waals surface area contributed by atoms with Crippen molar-refractivity contribution in [3.05, 3.63) is 59.7 Å². The van der Waals surface area contributed by atoms with Gasteiger partial charge in [0.1, 0.15) is 12.6 Å². The lowest BCUT2D eigenvalue weighted by Gasteiger charge is -2.31. The van der Waals surface area contributed by atoms with Gasteiger partial charge in [-0.15, -0.1) is 0 Å². The second-order valence-corrected chi connectivity index (χ2v) is 10.6. The number of hydrogen-bond donors (Lipinski definition) is 2. The number of aliphatic carboxylic acids is 1. The number of carboxylic acids is 1. The van der Waals surface area contributed by atoms with Crippen LogP contribution in [0.25, 0.3) is 11.1 Å². The third-order valence-electron chi connectivity index (χ3n) is 7.45. The Morgan fingerprint density at radius 2 is 1.63 bits per heavy atom. The highest BCUT2D eigenvalue weighted by Crippen LogP contribution is 2.44. The Morgan fingerprint density at radius 1 is 1.06 bits per heavy atom. The van der Waals surface area contributed by atoms with E-state index < -0.39 is 29.6 Å². The van der Waals surface area contributed by atoms with Crippen LogP contribution >= 0.6 is 0 Å². The summed E-state index contributed by atoms with van der Waals surface area (Å²) in [6.07, 6.45) is 0.0822. The molecule has 0 spiro atoms. The molecule has 2 N–H and O–H groups in total. The first-order valence-corrected chi connectivity index (χ1v) is 12.2. The monoisotopic (exact) mass is 478 g/mol. The fourth-order valence-corrected chi connectivity index (χ4v) is 5.38. The normalized spacial score (nSPS) is 19.2. The topological polar surface area (TPSA) is 95.9 Å². The van der Waals surface area contributed by atoms with E-state index in [-0.39, 0.29) is 30.8 Å². The molecule has 0 aromatic heterocycles. The lowest BCUT2D eigenvalue weighted by Crippen LogP contribution is -2.49. The van der Waals surface area contributed by atoms with Crippen molar-refractivity contribution in [1.82, 2.24) is 10.2 Å². The standard InChI is InChI=1S/C28H34N2O5/c1-17(2)23(15-24(31)30-14-13-28(3,4)25(30)26(32)33)29-27(34)35-16-22-20-11-7-5-9-18(20)19-10-6-8-12-21(19)22/h5-12,17,22-23,25H,13-16H2,1-4H3,(H,29,34)(H,32,33). The largest absolute Gasteiger partial charge is 0.480 e. The molecule has 7 nitrogen and oxygen atoms in total. The van der Waals surface area contributed by atoms with Crippen LogP contribution in [0.1, 0.15) is 57.6 Å². The number of carbonyl (C=O) groups is 3. The molecule has 1 heterocycles. The summed E-state index contributed by atoms with van der Waals surface area (Å²) in [5.41, 5.74) is 4.09. The predicted octanol–water partition coefficient (Wildman–Crippen LogP) is 4.65. The van der Waals surface area contributed by atoms with Gasteiger partial charge in [0.05, 0.1) is 0 Å². The van der Waals surface area contributed by atoms with Gasteiger partial charge in [-0.05, 0) is 40.0 Å². The first-order chi connectivity index (χ1) is 16.6. The summed E-state index contributed by atoms with van der Waals surface area (Å²) in [4.78, 5) is 39.1. The quantitative estimate of drug-likeness (QED) is 0.604. The molecule has 4 rings (SSSR count). The summed E-state index contributed by atoms with van der Waals surface area (Å²) in [5.74, 6) is -1.33. The SMILES string of the molecule is CC(C)C(CC(=O)N1CCC(C)(C)C1C(=O)O)NC(=O)OCC1c2ccccc2-c2ccccc21. The van der Waals surface area contributed by atoms with Crippen LogP contribution in [0, 0.1) is 11.3 Å². The molecule has 2 unspecified atom stereocenters. The van der Waals surface area contributed by atoms with Gasteiger partial charge in [0.15, 0.2) is 0 Å². The van der Waals surface area contributed by atoms with Crippen LogP contribution in [0.5, 0.6) is 0 Å². The molecular weight excluding hydrogens is 444 g/mol. The number of ether oxygens (including phenoxy) is 1. The van der Waals surface area contributed by atoms with Gasteiger partial charge in [0, 0.05) is 24.9 Å². The number of alkyl carbamates (subject to hydrolysis) is 1. The smallest absolute Gasteiger partial charge is 0.407 e. The molecule has 2 atom stereocenters. The van der Waals surface area contributed by atoms with E-state index in [2.05, 4.69) is 29.6 Å². The van der Waals surface area contributed by atoms with Crippen LogP contribution in [0.2, 0.25) is 0 Å². The third kappa shape index (κ3) is 4.90. The van der Waals surface area contributed by atoms with Gasteiger partial charge in [-0.2, -0.15) is 0 Å². The molecule has 35 heavy (non-hydrogen) atoms. The molecule has 0 bridgehead atoms. The maximum Gasteiger partial charge on any atom is 0.407 e. The summed E-state index contributed by atoms with van der Waals surface area (Å²) in [5, 5.41) is 12.5. The number of benzene rings is 2. The molecule has 1 aliphatic heterocycles. The molecule has 2 amide bonds. The molecule has 1 fully saturated rings. The lowest BCUT2D eigenvalue weighted by molar-refractivity contribution is -0.151. The van der Waals surface area contributed by atoms with Crippen molar-refractivity contribution in [3.8, 4) is 11.1 Å². The molecule has 7 heteroatoms. The van der Waals surface area contributed by atoms with Crippen molar-refractivity contribution >= 4 is 18.0 Å². The maximum atomic E-state index is 13.1. The Morgan fingerprint density at radius 3 is 2.17 bits per heavy atom. The van der Waals surface area contributed by atoms with E-state index in [0.29, 0.717) is 13.0 Å². The average molecular weight is 479 g/mol. The van der Waals surface area contributed by atoms with Crippen LogP contribution in [-0.2, 0) is 14.3 Å². The molecule has 0 radical (unpaired) electrons. The van der Waals surface area contributed by atoms with Gasteiger partial charge in [0.25, 0.3) is 0 Å². The third-order valence-corrected chi connectivity index (χ3v) is 7.45. The molecule has 1 saturated heterocycles. The molecule has 2 aliphatic rings. The highest BCUT2D eigenvalue weighted by molar-refractivity contribution is 5.86. The van der Waals surface area contributed by atoms with E-state index in [1.54, 1.807) is 0 Å². The van der Waals surface area contributed by atoms with Crippen molar-refractivity contribution in [2.24, 2.45) is 11.3 Å². The van der Waals surface area contributed by atoms with Crippen molar-refractivity contribution in [3.63, 3.8) is 0 Å². The summed E-state index contributed by atoms with van der Waals surface area (Å²) >= 11 is 0. The van der Waals surface area contributed by atoms with Crippen LogP contribution in [0.15, 0.2) is 48.5 Å². The Labute approximate surface area is 206 Å². The second kappa shape index (κ2) is 9.72. The first kappa shape index (κ1) is 24.8. The summed E-state index contributed by atoms with van der Waals surface area (Å²) in [6.45, 7) is 8.18.